The van der Waals surface area contributed by atoms with Crippen molar-refractivity contribution in [1.82, 2.24) is 10.3 Å². The molecule has 2 aliphatic rings. The summed E-state index contributed by atoms with van der Waals surface area (Å²) in [6.45, 7) is 4.58. The van der Waals surface area contributed by atoms with Gasteiger partial charge in [-0.05, 0) is 77.9 Å². The summed E-state index contributed by atoms with van der Waals surface area (Å²) in [5.41, 5.74) is 8.76. The van der Waals surface area contributed by atoms with Crippen LogP contribution >= 0.6 is 11.6 Å². The molecule has 2 heterocycles. The van der Waals surface area contributed by atoms with Gasteiger partial charge in [0.2, 0.25) is 0 Å². The molecule has 186 valence electrons. The van der Waals surface area contributed by atoms with Crippen molar-refractivity contribution in [3.05, 3.63) is 112 Å². The normalized spacial score (nSPS) is 14.6. The number of pyridine rings is 1. The number of nitrogens with zero attached hydrogens (tertiary/aromatic N) is 2. The van der Waals surface area contributed by atoms with Crippen molar-refractivity contribution in [3.63, 3.8) is 0 Å². The summed E-state index contributed by atoms with van der Waals surface area (Å²) < 4.78 is 0. The van der Waals surface area contributed by atoms with Crippen molar-refractivity contribution in [3.8, 4) is 11.1 Å². The Bertz CT molecular complexity index is 1460. The SMILES string of the molecule is Cc1ccc(Cl)cc1CN1CCNc2ncc(-c3cccc(C(=O)NC4Cc5ccccc5C4)c3)cc21. The molecule has 0 radical (unpaired) electrons. The van der Waals surface area contributed by atoms with E-state index in [1.165, 1.54) is 22.3 Å². The molecule has 37 heavy (non-hydrogen) atoms. The molecule has 0 atom stereocenters. The first-order valence-corrected chi connectivity index (χ1v) is 13.1. The summed E-state index contributed by atoms with van der Waals surface area (Å²) >= 11 is 6.28. The fraction of sp³-hybridized carbons (Fsp3) is 0.226. The van der Waals surface area contributed by atoms with Gasteiger partial charge in [-0.2, -0.15) is 0 Å². The monoisotopic (exact) mass is 508 g/mol. The first kappa shape index (κ1) is 23.6. The minimum Gasteiger partial charge on any atom is -0.367 e. The smallest absolute Gasteiger partial charge is 0.251 e. The molecule has 0 spiro atoms. The van der Waals surface area contributed by atoms with Gasteiger partial charge >= 0.3 is 0 Å². The fourth-order valence-electron chi connectivity index (χ4n) is 5.37. The zero-order valence-electron chi connectivity index (χ0n) is 20.8. The number of nitrogens with one attached hydrogen (secondary N) is 2. The largest absolute Gasteiger partial charge is 0.367 e. The summed E-state index contributed by atoms with van der Waals surface area (Å²) in [7, 11) is 0. The van der Waals surface area contributed by atoms with Crippen molar-refractivity contribution in [2.45, 2.75) is 32.4 Å². The number of hydrogen-bond acceptors (Lipinski definition) is 4. The highest BCUT2D eigenvalue weighted by molar-refractivity contribution is 6.30. The van der Waals surface area contributed by atoms with Gasteiger partial charge < -0.3 is 15.5 Å². The van der Waals surface area contributed by atoms with E-state index < -0.39 is 0 Å². The van der Waals surface area contributed by atoms with Crippen molar-refractivity contribution in [1.29, 1.82) is 0 Å². The molecule has 6 rings (SSSR count). The molecule has 3 aromatic carbocycles. The molecule has 0 unspecified atom stereocenters. The van der Waals surface area contributed by atoms with Crippen LogP contribution in [0.2, 0.25) is 5.02 Å². The first-order chi connectivity index (χ1) is 18.0. The maximum atomic E-state index is 13.1. The van der Waals surface area contributed by atoms with Crippen LogP contribution in [0.15, 0.2) is 79.0 Å². The van der Waals surface area contributed by atoms with Crippen LogP contribution in [0.4, 0.5) is 11.5 Å². The third-order valence-electron chi connectivity index (χ3n) is 7.40. The Morgan fingerprint density at radius 2 is 1.84 bits per heavy atom. The van der Waals surface area contributed by atoms with Crippen LogP contribution in [0.25, 0.3) is 11.1 Å². The summed E-state index contributed by atoms with van der Waals surface area (Å²) in [5, 5.41) is 7.40. The molecule has 0 saturated heterocycles. The first-order valence-electron chi connectivity index (χ1n) is 12.8. The number of amides is 1. The molecular formula is C31H29ClN4O. The molecule has 0 fully saturated rings. The molecule has 4 aromatic rings. The van der Waals surface area contributed by atoms with E-state index in [0.29, 0.717) is 5.56 Å². The highest BCUT2D eigenvalue weighted by Crippen LogP contribution is 2.33. The van der Waals surface area contributed by atoms with Crippen LogP contribution in [-0.4, -0.2) is 30.0 Å². The number of fused-ring (bicyclic) bond motifs is 2. The molecule has 1 aliphatic carbocycles. The number of halogens is 1. The molecule has 0 saturated carbocycles. The number of carbonyl (C=O) groups excluding carboxylic acids is 1. The molecule has 1 amide bonds. The van der Waals surface area contributed by atoms with E-state index in [-0.39, 0.29) is 11.9 Å². The highest BCUT2D eigenvalue weighted by Gasteiger charge is 2.23. The molecule has 1 aliphatic heterocycles. The summed E-state index contributed by atoms with van der Waals surface area (Å²) in [6.07, 6.45) is 3.64. The lowest BCUT2D eigenvalue weighted by Gasteiger charge is -2.32. The Hall–Kier alpha value is -3.83. The van der Waals surface area contributed by atoms with Gasteiger partial charge in [-0.25, -0.2) is 4.98 Å². The van der Waals surface area contributed by atoms with E-state index in [9.17, 15) is 4.79 Å². The Morgan fingerprint density at radius 3 is 2.65 bits per heavy atom. The lowest BCUT2D eigenvalue weighted by Crippen LogP contribution is -2.35. The average molecular weight is 509 g/mol. The molecule has 0 bridgehead atoms. The summed E-state index contributed by atoms with van der Waals surface area (Å²) in [6, 6.07) is 24.6. The van der Waals surface area contributed by atoms with Crippen molar-refractivity contribution in [2.75, 3.05) is 23.3 Å². The quantitative estimate of drug-likeness (QED) is 0.345. The zero-order valence-corrected chi connectivity index (χ0v) is 21.6. The third kappa shape index (κ3) is 4.92. The van der Waals surface area contributed by atoms with Gasteiger partial charge in [0.1, 0.15) is 5.82 Å². The standard InChI is InChI=1S/C31H29ClN4O/c1-20-9-10-27(32)14-26(20)19-36-12-11-33-30-29(36)17-25(18-34-30)21-7-4-8-24(13-21)31(37)35-28-15-22-5-2-3-6-23(22)16-28/h2-10,13-14,17-18,28H,11-12,15-16,19H2,1H3,(H,33,34)(H,35,37). The van der Waals surface area contributed by atoms with Crippen LogP contribution in [0.3, 0.4) is 0 Å². The second-order valence-corrected chi connectivity index (χ2v) is 10.4. The van der Waals surface area contributed by atoms with Crippen LogP contribution < -0.4 is 15.5 Å². The Balaban J connectivity index is 1.22. The summed E-state index contributed by atoms with van der Waals surface area (Å²) in [5.74, 6) is 0.842. The predicted molar refractivity (Wildman–Crippen MR) is 151 cm³/mol. The third-order valence-corrected chi connectivity index (χ3v) is 7.63. The van der Waals surface area contributed by atoms with Crippen molar-refractivity contribution >= 4 is 29.0 Å². The van der Waals surface area contributed by atoms with E-state index in [2.05, 4.69) is 58.9 Å². The van der Waals surface area contributed by atoms with E-state index in [4.69, 9.17) is 16.6 Å². The molecule has 2 N–H and O–H groups in total. The highest BCUT2D eigenvalue weighted by atomic mass is 35.5. The molecular weight excluding hydrogens is 480 g/mol. The number of anilines is 2. The Labute approximate surface area is 222 Å². The number of benzene rings is 3. The van der Waals surface area contributed by atoms with E-state index >= 15 is 0 Å². The Kier molecular flexibility index (Phi) is 6.31. The number of aromatic nitrogens is 1. The molecule has 1 aromatic heterocycles. The lowest BCUT2D eigenvalue weighted by atomic mass is 10.0. The van der Waals surface area contributed by atoms with Gasteiger partial charge in [-0.15, -0.1) is 0 Å². The van der Waals surface area contributed by atoms with Crippen molar-refractivity contribution in [2.24, 2.45) is 0 Å². The van der Waals surface area contributed by atoms with Gasteiger partial charge in [0.25, 0.3) is 5.91 Å². The van der Waals surface area contributed by atoms with Gasteiger partial charge in [-0.1, -0.05) is 54.1 Å². The van der Waals surface area contributed by atoms with Crippen LogP contribution in [0.1, 0.15) is 32.6 Å². The number of hydrogen-bond donors (Lipinski definition) is 2. The van der Waals surface area contributed by atoms with Gasteiger partial charge in [0, 0.05) is 48.0 Å². The van der Waals surface area contributed by atoms with Crippen molar-refractivity contribution < 1.29 is 4.79 Å². The van der Waals surface area contributed by atoms with Gasteiger partial charge in [-0.3, -0.25) is 4.79 Å². The van der Waals surface area contributed by atoms with Gasteiger partial charge in [0.15, 0.2) is 0 Å². The second-order valence-electron chi connectivity index (χ2n) is 9.94. The topological polar surface area (TPSA) is 57.3 Å². The maximum Gasteiger partial charge on any atom is 0.251 e. The maximum absolute atomic E-state index is 13.1. The lowest BCUT2D eigenvalue weighted by molar-refractivity contribution is 0.0938. The minimum atomic E-state index is -0.0368. The van der Waals surface area contributed by atoms with E-state index in [1.54, 1.807) is 0 Å². The van der Waals surface area contributed by atoms with Crippen LogP contribution in [-0.2, 0) is 19.4 Å². The van der Waals surface area contributed by atoms with E-state index in [0.717, 1.165) is 60.1 Å². The van der Waals surface area contributed by atoms with Crippen LogP contribution in [0.5, 0.6) is 0 Å². The number of carbonyl (C=O) groups is 1. The fourth-order valence-corrected chi connectivity index (χ4v) is 5.56. The van der Waals surface area contributed by atoms with Gasteiger partial charge in [0.05, 0.1) is 5.69 Å². The zero-order chi connectivity index (χ0) is 25.4. The summed E-state index contributed by atoms with van der Waals surface area (Å²) in [4.78, 5) is 20.2. The molecule has 6 heteroatoms. The number of rotatable bonds is 5. The average Bonchev–Trinajstić information content (AvgIpc) is 3.33. The molecule has 5 nitrogen and oxygen atoms in total. The number of aryl methyl sites for hydroxylation is 1. The van der Waals surface area contributed by atoms with Crippen LogP contribution in [0, 0.1) is 6.92 Å². The minimum absolute atomic E-state index is 0.0368. The van der Waals surface area contributed by atoms with E-state index in [1.807, 2.05) is 42.6 Å². The Morgan fingerprint density at radius 1 is 1.03 bits per heavy atom. The second kappa shape index (κ2) is 9.91. The predicted octanol–water partition coefficient (Wildman–Crippen LogP) is 6.04.